The molecule has 1 N–H and O–H groups in total. The number of benzene rings is 1. The summed E-state index contributed by atoms with van der Waals surface area (Å²) in [5.74, 6) is 0. The summed E-state index contributed by atoms with van der Waals surface area (Å²) in [5.41, 5.74) is 3.68. The second-order valence-electron chi connectivity index (χ2n) is 3.00. The minimum atomic E-state index is 1.07. The molecule has 1 aliphatic rings. The van der Waals surface area contributed by atoms with Crippen molar-refractivity contribution in [3.63, 3.8) is 0 Å². The SMILES string of the molecule is N=CC1=CCCc2ccccc21. The highest BCUT2D eigenvalue weighted by Crippen LogP contribution is 2.24. The van der Waals surface area contributed by atoms with Gasteiger partial charge in [0.2, 0.25) is 0 Å². The molecule has 0 aliphatic heterocycles. The van der Waals surface area contributed by atoms with Gasteiger partial charge in [-0.1, -0.05) is 30.3 Å². The van der Waals surface area contributed by atoms with Crippen LogP contribution >= 0.6 is 0 Å². The van der Waals surface area contributed by atoms with Crippen molar-refractivity contribution in [1.82, 2.24) is 0 Å². The van der Waals surface area contributed by atoms with Crippen LogP contribution < -0.4 is 0 Å². The van der Waals surface area contributed by atoms with E-state index in [-0.39, 0.29) is 0 Å². The second kappa shape index (κ2) is 2.94. The molecular weight excluding hydrogens is 146 g/mol. The van der Waals surface area contributed by atoms with Gasteiger partial charge in [0.15, 0.2) is 0 Å². The Bertz CT molecular complexity index is 337. The first-order valence-electron chi connectivity index (χ1n) is 4.21. The molecule has 0 spiro atoms. The van der Waals surface area contributed by atoms with Crippen molar-refractivity contribution in [2.24, 2.45) is 0 Å². The minimum Gasteiger partial charge on any atom is -0.308 e. The predicted octanol–water partition coefficient (Wildman–Crippen LogP) is 2.67. The van der Waals surface area contributed by atoms with Gasteiger partial charge >= 0.3 is 0 Å². The zero-order chi connectivity index (χ0) is 8.39. The molecule has 1 aliphatic carbocycles. The van der Waals surface area contributed by atoms with E-state index >= 15 is 0 Å². The molecule has 12 heavy (non-hydrogen) atoms. The zero-order valence-electron chi connectivity index (χ0n) is 6.88. The lowest BCUT2D eigenvalue weighted by Gasteiger charge is -2.13. The van der Waals surface area contributed by atoms with Crippen LogP contribution in [0.15, 0.2) is 30.3 Å². The smallest absolute Gasteiger partial charge is 0.0253 e. The molecule has 0 saturated carbocycles. The number of fused-ring (bicyclic) bond motifs is 1. The summed E-state index contributed by atoms with van der Waals surface area (Å²) in [6.07, 6.45) is 5.77. The summed E-state index contributed by atoms with van der Waals surface area (Å²) in [7, 11) is 0. The summed E-state index contributed by atoms with van der Waals surface area (Å²) >= 11 is 0. The van der Waals surface area contributed by atoms with Crippen LogP contribution in [0.2, 0.25) is 0 Å². The van der Waals surface area contributed by atoms with E-state index in [1.54, 1.807) is 0 Å². The first-order valence-corrected chi connectivity index (χ1v) is 4.21. The van der Waals surface area contributed by atoms with Crippen LogP contribution in [0.25, 0.3) is 5.57 Å². The van der Waals surface area contributed by atoms with Crippen molar-refractivity contribution in [1.29, 1.82) is 5.41 Å². The van der Waals surface area contributed by atoms with Crippen molar-refractivity contribution in [2.45, 2.75) is 12.8 Å². The van der Waals surface area contributed by atoms with Gasteiger partial charge in [-0.15, -0.1) is 0 Å². The van der Waals surface area contributed by atoms with E-state index in [1.165, 1.54) is 17.3 Å². The molecule has 0 amide bonds. The number of rotatable bonds is 1. The molecule has 0 fully saturated rings. The summed E-state index contributed by atoms with van der Waals surface area (Å²) < 4.78 is 0. The van der Waals surface area contributed by atoms with Crippen LogP contribution in [0.1, 0.15) is 17.5 Å². The standard InChI is InChI=1S/C11H11N/c12-8-10-6-3-5-9-4-1-2-7-11(9)10/h1-2,4,6-8,12H,3,5H2. The van der Waals surface area contributed by atoms with E-state index in [0.29, 0.717) is 0 Å². The number of hydrogen-bond donors (Lipinski definition) is 1. The van der Waals surface area contributed by atoms with Crippen molar-refractivity contribution in [3.8, 4) is 0 Å². The van der Waals surface area contributed by atoms with Gasteiger partial charge in [0.25, 0.3) is 0 Å². The first-order chi connectivity index (χ1) is 5.92. The quantitative estimate of drug-likeness (QED) is 0.606. The van der Waals surface area contributed by atoms with Crippen molar-refractivity contribution < 1.29 is 0 Å². The molecule has 1 aromatic rings. The lowest BCUT2D eigenvalue weighted by molar-refractivity contribution is 0.982. The second-order valence-corrected chi connectivity index (χ2v) is 3.00. The normalized spacial score (nSPS) is 14.8. The van der Waals surface area contributed by atoms with Crippen LogP contribution in [0, 0.1) is 5.41 Å². The van der Waals surface area contributed by atoms with Gasteiger partial charge < -0.3 is 5.41 Å². The lowest BCUT2D eigenvalue weighted by Crippen LogP contribution is -1.99. The summed E-state index contributed by atoms with van der Waals surface area (Å²) in [4.78, 5) is 0. The van der Waals surface area contributed by atoms with Crippen LogP contribution in [0.4, 0.5) is 0 Å². The van der Waals surface area contributed by atoms with E-state index in [1.807, 2.05) is 6.07 Å². The van der Waals surface area contributed by atoms with Gasteiger partial charge in [-0.05, 0) is 29.5 Å². The lowest BCUT2D eigenvalue weighted by atomic mass is 9.91. The molecule has 1 aromatic carbocycles. The van der Waals surface area contributed by atoms with Crippen molar-refractivity contribution >= 4 is 11.8 Å². The van der Waals surface area contributed by atoms with E-state index in [9.17, 15) is 0 Å². The number of hydrogen-bond acceptors (Lipinski definition) is 1. The Labute approximate surface area is 72.2 Å². The Morgan fingerprint density at radius 3 is 2.92 bits per heavy atom. The van der Waals surface area contributed by atoms with Crippen LogP contribution in [0.5, 0.6) is 0 Å². The molecule has 0 atom stereocenters. The Balaban J connectivity index is 2.55. The maximum Gasteiger partial charge on any atom is 0.0253 e. The topological polar surface area (TPSA) is 23.9 Å². The fourth-order valence-corrected chi connectivity index (χ4v) is 1.65. The van der Waals surface area contributed by atoms with Crippen LogP contribution in [-0.2, 0) is 6.42 Å². The van der Waals surface area contributed by atoms with Gasteiger partial charge in [0.05, 0.1) is 0 Å². The maximum atomic E-state index is 7.23. The third-order valence-electron chi connectivity index (χ3n) is 2.26. The Morgan fingerprint density at radius 1 is 1.25 bits per heavy atom. The molecular formula is C11H11N. The van der Waals surface area contributed by atoms with Gasteiger partial charge in [-0.25, -0.2) is 0 Å². The molecule has 0 bridgehead atoms. The monoisotopic (exact) mass is 157 g/mol. The molecule has 0 aromatic heterocycles. The highest BCUT2D eigenvalue weighted by Gasteiger charge is 2.08. The summed E-state index contributed by atoms with van der Waals surface area (Å²) in [6, 6.07) is 8.32. The molecule has 60 valence electrons. The Morgan fingerprint density at radius 2 is 2.08 bits per heavy atom. The van der Waals surface area contributed by atoms with Gasteiger partial charge in [0.1, 0.15) is 0 Å². The van der Waals surface area contributed by atoms with E-state index in [4.69, 9.17) is 5.41 Å². The Kier molecular flexibility index (Phi) is 1.78. The van der Waals surface area contributed by atoms with E-state index in [0.717, 1.165) is 18.4 Å². The molecule has 0 saturated heterocycles. The number of allylic oxidation sites excluding steroid dienone is 2. The number of aryl methyl sites for hydroxylation is 1. The molecule has 1 heteroatoms. The van der Waals surface area contributed by atoms with E-state index < -0.39 is 0 Å². The average Bonchev–Trinajstić information content (AvgIpc) is 2.17. The minimum absolute atomic E-state index is 1.07. The predicted molar refractivity (Wildman–Crippen MR) is 51.5 cm³/mol. The van der Waals surface area contributed by atoms with Crippen LogP contribution in [0.3, 0.4) is 0 Å². The summed E-state index contributed by atoms with van der Waals surface area (Å²) in [5, 5.41) is 7.23. The summed E-state index contributed by atoms with van der Waals surface area (Å²) in [6.45, 7) is 0. The maximum absolute atomic E-state index is 7.23. The van der Waals surface area contributed by atoms with Gasteiger partial charge in [-0.2, -0.15) is 0 Å². The molecule has 1 nitrogen and oxygen atoms in total. The molecule has 2 rings (SSSR count). The van der Waals surface area contributed by atoms with E-state index in [2.05, 4.69) is 24.3 Å². The highest BCUT2D eigenvalue weighted by molar-refractivity contribution is 6.09. The average molecular weight is 157 g/mol. The largest absolute Gasteiger partial charge is 0.308 e. The highest BCUT2D eigenvalue weighted by atomic mass is 14.3. The fraction of sp³-hybridized carbons (Fsp3) is 0.182. The Hall–Kier alpha value is -1.37. The molecule has 0 radical (unpaired) electrons. The van der Waals surface area contributed by atoms with Crippen molar-refractivity contribution in [3.05, 3.63) is 41.5 Å². The molecule has 0 heterocycles. The third kappa shape index (κ3) is 1.07. The van der Waals surface area contributed by atoms with Crippen LogP contribution in [-0.4, -0.2) is 6.21 Å². The fourth-order valence-electron chi connectivity index (χ4n) is 1.65. The zero-order valence-corrected chi connectivity index (χ0v) is 6.88. The van der Waals surface area contributed by atoms with Gasteiger partial charge in [-0.3, -0.25) is 0 Å². The number of nitrogens with one attached hydrogen (secondary N) is 1. The van der Waals surface area contributed by atoms with Crippen molar-refractivity contribution in [2.75, 3.05) is 0 Å². The molecule has 0 unspecified atom stereocenters. The van der Waals surface area contributed by atoms with Gasteiger partial charge in [0, 0.05) is 6.21 Å². The third-order valence-corrected chi connectivity index (χ3v) is 2.26. The first kappa shape index (κ1) is 7.29.